The molecule has 0 saturated carbocycles. The second kappa shape index (κ2) is 9.36. The summed E-state index contributed by atoms with van der Waals surface area (Å²) in [5.74, 6) is 0. The lowest BCUT2D eigenvalue weighted by Gasteiger charge is -2.24. The first-order valence-corrected chi connectivity index (χ1v) is 4.70. The van der Waals surface area contributed by atoms with E-state index in [1.807, 2.05) is 6.92 Å². The summed E-state index contributed by atoms with van der Waals surface area (Å²) in [5.41, 5.74) is -0.667. The summed E-state index contributed by atoms with van der Waals surface area (Å²) >= 11 is 0. The van der Waals surface area contributed by atoms with Crippen LogP contribution in [0.15, 0.2) is 0 Å². The first-order valence-electron chi connectivity index (χ1n) is 4.70. The third-order valence-corrected chi connectivity index (χ3v) is 2.12. The molecular formula is C9H22O5. The highest BCUT2D eigenvalue weighted by atomic mass is 16.5. The molecule has 0 saturated heterocycles. The summed E-state index contributed by atoms with van der Waals surface area (Å²) in [4.78, 5) is 0. The Bertz CT molecular complexity index is 94.3. The van der Waals surface area contributed by atoms with Gasteiger partial charge >= 0.3 is 0 Å². The predicted molar refractivity (Wildman–Crippen MR) is 52.5 cm³/mol. The Labute approximate surface area is 84.6 Å². The monoisotopic (exact) mass is 210 g/mol. The maximum atomic E-state index is 8.66. The molecule has 0 aromatic carbocycles. The van der Waals surface area contributed by atoms with E-state index < -0.39 is 11.7 Å². The van der Waals surface area contributed by atoms with E-state index in [-0.39, 0.29) is 19.8 Å². The van der Waals surface area contributed by atoms with Gasteiger partial charge < -0.3 is 25.5 Å². The van der Waals surface area contributed by atoms with E-state index >= 15 is 0 Å². The smallest absolute Gasteiger partial charge is 0.151 e. The van der Waals surface area contributed by atoms with Crippen LogP contribution >= 0.6 is 0 Å². The minimum absolute atomic E-state index is 0.156. The fourth-order valence-electron chi connectivity index (χ4n) is 0.485. The standard InChI is InChI=1S/C6H14O3.C3H8O2/c1-2-6(3-7,4-8)5-9;1-2-3(4)5/h7-9H,2-5H2,1H3;3-5H,2H2,1H3. The Balaban J connectivity index is 0. The fourth-order valence-corrected chi connectivity index (χ4v) is 0.485. The Hall–Kier alpha value is -0.200. The van der Waals surface area contributed by atoms with E-state index in [1.54, 1.807) is 6.92 Å². The van der Waals surface area contributed by atoms with Crippen molar-refractivity contribution < 1.29 is 25.5 Å². The second-order valence-electron chi connectivity index (χ2n) is 3.22. The van der Waals surface area contributed by atoms with Crippen molar-refractivity contribution in [3.05, 3.63) is 0 Å². The van der Waals surface area contributed by atoms with Gasteiger partial charge in [0.15, 0.2) is 6.29 Å². The summed E-state index contributed by atoms with van der Waals surface area (Å²) in [6.07, 6.45) is -0.105. The molecule has 5 heteroatoms. The van der Waals surface area contributed by atoms with E-state index in [4.69, 9.17) is 25.5 Å². The highest BCUT2D eigenvalue weighted by Crippen LogP contribution is 2.18. The molecule has 5 nitrogen and oxygen atoms in total. The van der Waals surface area contributed by atoms with Gasteiger partial charge in [-0.05, 0) is 12.8 Å². The third kappa shape index (κ3) is 7.23. The van der Waals surface area contributed by atoms with Crippen molar-refractivity contribution >= 4 is 0 Å². The zero-order valence-electron chi connectivity index (χ0n) is 8.85. The first-order chi connectivity index (χ1) is 6.51. The van der Waals surface area contributed by atoms with Crippen molar-refractivity contribution in [3.8, 4) is 0 Å². The number of aliphatic hydroxyl groups is 5. The van der Waals surface area contributed by atoms with E-state index in [0.29, 0.717) is 12.8 Å². The van der Waals surface area contributed by atoms with Gasteiger partial charge in [-0.1, -0.05) is 13.8 Å². The van der Waals surface area contributed by atoms with Crippen LogP contribution in [-0.2, 0) is 0 Å². The molecule has 0 aliphatic heterocycles. The second-order valence-corrected chi connectivity index (χ2v) is 3.22. The summed E-state index contributed by atoms with van der Waals surface area (Å²) in [5, 5.41) is 41.8. The molecule has 0 heterocycles. The number of hydrogen-bond acceptors (Lipinski definition) is 5. The van der Waals surface area contributed by atoms with Gasteiger partial charge in [-0.15, -0.1) is 0 Å². The molecule has 0 fully saturated rings. The van der Waals surface area contributed by atoms with Gasteiger partial charge in [0, 0.05) is 5.41 Å². The molecule has 14 heavy (non-hydrogen) atoms. The van der Waals surface area contributed by atoms with Crippen molar-refractivity contribution in [2.75, 3.05) is 19.8 Å². The number of aliphatic hydroxyl groups excluding tert-OH is 4. The molecule has 0 radical (unpaired) electrons. The van der Waals surface area contributed by atoms with Gasteiger partial charge in [-0.2, -0.15) is 0 Å². The van der Waals surface area contributed by atoms with Gasteiger partial charge in [0.25, 0.3) is 0 Å². The van der Waals surface area contributed by atoms with Gasteiger partial charge in [0.1, 0.15) is 0 Å². The Morgan fingerprint density at radius 2 is 1.21 bits per heavy atom. The predicted octanol–water partition coefficient (Wildman–Crippen LogP) is -0.933. The maximum absolute atomic E-state index is 8.66. The van der Waals surface area contributed by atoms with Crippen LogP contribution in [0.5, 0.6) is 0 Å². The van der Waals surface area contributed by atoms with Crippen LogP contribution in [-0.4, -0.2) is 51.6 Å². The molecule has 0 amide bonds. The molecule has 0 rings (SSSR count). The van der Waals surface area contributed by atoms with E-state index in [2.05, 4.69) is 0 Å². The lowest BCUT2D eigenvalue weighted by Crippen LogP contribution is -2.32. The van der Waals surface area contributed by atoms with Crippen LogP contribution in [0.25, 0.3) is 0 Å². The molecule has 88 valence electrons. The molecule has 0 aliphatic carbocycles. The highest BCUT2D eigenvalue weighted by Gasteiger charge is 2.24. The summed E-state index contributed by atoms with van der Waals surface area (Å²) in [7, 11) is 0. The van der Waals surface area contributed by atoms with Crippen LogP contribution < -0.4 is 0 Å². The lowest BCUT2D eigenvalue weighted by molar-refractivity contribution is -0.0413. The summed E-state index contributed by atoms with van der Waals surface area (Å²) in [6, 6.07) is 0. The summed E-state index contributed by atoms with van der Waals surface area (Å²) in [6.45, 7) is 3.05. The van der Waals surface area contributed by atoms with Crippen LogP contribution in [0, 0.1) is 5.41 Å². The Morgan fingerprint density at radius 3 is 1.21 bits per heavy atom. The fraction of sp³-hybridized carbons (Fsp3) is 1.00. The third-order valence-electron chi connectivity index (χ3n) is 2.12. The van der Waals surface area contributed by atoms with Crippen LogP contribution in [0.1, 0.15) is 26.7 Å². The normalized spacial score (nSPS) is 11.1. The van der Waals surface area contributed by atoms with E-state index in [1.165, 1.54) is 0 Å². The molecule has 0 spiro atoms. The molecule has 0 aromatic rings. The van der Waals surface area contributed by atoms with Gasteiger partial charge in [-0.25, -0.2) is 0 Å². The topological polar surface area (TPSA) is 101 Å². The molecule has 0 aliphatic rings. The molecule has 0 atom stereocenters. The van der Waals surface area contributed by atoms with Crippen molar-refractivity contribution in [2.24, 2.45) is 5.41 Å². The quantitative estimate of drug-likeness (QED) is 0.377. The highest BCUT2D eigenvalue weighted by molar-refractivity contribution is 4.74. The lowest BCUT2D eigenvalue weighted by atomic mass is 9.88. The maximum Gasteiger partial charge on any atom is 0.151 e. The van der Waals surface area contributed by atoms with Gasteiger partial charge in [0.2, 0.25) is 0 Å². The van der Waals surface area contributed by atoms with Crippen LogP contribution in [0.3, 0.4) is 0 Å². The van der Waals surface area contributed by atoms with Crippen LogP contribution in [0.4, 0.5) is 0 Å². The Kier molecular flexibility index (Phi) is 10.9. The average molecular weight is 210 g/mol. The summed E-state index contributed by atoms with van der Waals surface area (Å²) < 4.78 is 0. The largest absolute Gasteiger partial charge is 0.396 e. The van der Waals surface area contributed by atoms with E-state index in [0.717, 1.165) is 0 Å². The van der Waals surface area contributed by atoms with Crippen molar-refractivity contribution in [1.29, 1.82) is 0 Å². The van der Waals surface area contributed by atoms with Gasteiger partial charge in [0.05, 0.1) is 19.8 Å². The van der Waals surface area contributed by atoms with Crippen molar-refractivity contribution in [2.45, 2.75) is 33.0 Å². The SMILES string of the molecule is CCC(CO)(CO)CO.CCC(O)O. The molecule has 0 aromatic heterocycles. The van der Waals surface area contributed by atoms with Gasteiger partial charge in [-0.3, -0.25) is 0 Å². The van der Waals surface area contributed by atoms with Crippen molar-refractivity contribution in [3.63, 3.8) is 0 Å². The first kappa shape index (κ1) is 16.2. The average Bonchev–Trinajstić information content (AvgIpc) is 2.23. The minimum Gasteiger partial charge on any atom is -0.396 e. The zero-order chi connectivity index (χ0) is 11.6. The Morgan fingerprint density at radius 1 is 0.929 bits per heavy atom. The molecule has 0 unspecified atom stereocenters. The van der Waals surface area contributed by atoms with Crippen LogP contribution in [0.2, 0.25) is 0 Å². The zero-order valence-corrected chi connectivity index (χ0v) is 8.85. The number of hydrogen-bond donors (Lipinski definition) is 5. The molecule has 0 bridgehead atoms. The number of rotatable bonds is 5. The molecular weight excluding hydrogens is 188 g/mol. The minimum atomic E-state index is -1.12. The molecule has 5 N–H and O–H groups in total. The van der Waals surface area contributed by atoms with E-state index in [9.17, 15) is 0 Å². The van der Waals surface area contributed by atoms with Crippen molar-refractivity contribution in [1.82, 2.24) is 0 Å².